The van der Waals surface area contributed by atoms with E-state index in [2.05, 4.69) is 10.3 Å². The van der Waals surface area contributed by atoms with Crippen LogP contribution in [-0.4, -0.2) is 34.1 Å². The average Bonchev–Trinajstić information content (AvgIpc) is 2.60. The zero-order valence-electron chi connectivity index (χ0n) is 13.3. The first-order valence-corrected chi connectivity index (χ1v) is 7.97. The summed E-state index contributed by atoms with van der Waals surface area (Å²) in [6.07, 6.45) is 3.42. The van der Waals surface area contributed by atoms with E-state index >= 15 is 0 Å². The van der Waals surface area contributed by atoms with Gasteiger partial charge in [0.05, 0.1) is 19.8 Å². The van der Waals surface area contributed by atoms with Crippen molar-refractivity contribution < 1.29 is 4.74 Å². The fourth-order valence-electron chi connectivity index (χ4n) is 2.03. The number of rotatable bonds is 7. The van der Waals surface area contributed by atoms with E-state index < -0.39 is 0 Å². The number of ether oxygens (including phenoxy) is 1. The molecule has 0 saturated carbocycles. The molecule has 0 unspecified atom stereocenters. The third kappa shape index (κ3) is 5.94. The smallest absolute Gasteiger partial charge is 0.195 e. The highest BCUT2D eigenvalue weighted by atomic mass is 32.1. The molecule has 1 aromatic heterocycles. The quantitative estimate of drug-likeness (QED) is 0.308. The summed E-state index contributed by atoms with van der Waals surface area (Å²) in [4.78, 5) is 5.57. The molecule has 0 bridgehead atoms. The van der Waals surface area contributed by atoms with Crippen LogP contribution in [0.1, 0.15) is 11.1 Å². The minimum absolute atomic E-state index is 0.110. The van der Waals surface area contributed by atoms with Gasteiger partial charge in [-0.15, -0.1) is 0 Å². The van der Waals surface area contributed by atoms with Gasteiger partial charge in [-0.1, -0.05) is 36.4 Å². The van der Waals surface area contributed by atoms with Gasteiger partial charge in [-0.3, -0.25) is 15.3 Å². The zero-order chi connectivity index (χ0) is 17.2. The van der Waals surface area contributed by atoms with Gasteiger partial charge in [0.25, 0.3) is 0 Å². The predicted molar refractivity (Wildman–Crippen MR) is 98.4 cm³/mol. The van der Waals surface area contributed by atoms with Crippen LogP contribution < -0.4 is 11.1 Å². The van der Waals surface area contributed by atoms with Crippen LogP contribution in [0.2, 0.25) is 0 Å². The number of aromatic nitrogens is 1. The van der Waals surface area contributed by atoms with Gasteiger partial charge in [-0.25, -0.2) is 0 Å². The van der Waals surface area contributed by atoms with E-state index in [4.69, 9.17) is 28.1 Å². The van der Waals surface area contributed by atoms with E-state index in [9.17, 15) is 0 Å². The number of benzene rings is 1. The van der Waals surface area contributed by atoms with Gasteiger partial charge in [0, 0.05) is 18.9 Å². The normalized spacial score (nSPS) is 10.2. The van der Waals surface area contributed by atoms with Crippen molar-refractivity contribution in [3.05, 3.63) is 66.0 Å². The van der Waals surface area contributed by atoms with Gasteiger partial charge in [-0.2, -0.15) is 0 Å². The van der Waals surface area contributed by atoms with E-state index in [0.717, 1.165) is 11.1 Å². The molecule has 126 valence electrons. The summed E-state index contributed by atoms with van der Waals surface area (Å²) in [5.74, 6) is -0.110. The molecule has 0 amide bonds. The van der Waals surface area contributed by atoms with Crippen LogP contribution in [0.3, 0.4) is 0 Å². The molecule has 6 nitrogen and oxygen atoms in total. The lowest BCUT2D eigenvalue weighted by Crippen LogP contribution is -2.46. The van der Waals surface area contributed by atoms with Crippen LogP contribution in [-0.2, 0) is 17.9 Å². The molecular weight excluding hydrogens is 322 g/mol. The van der Waals surface area contributed by atoms with Crippen molar-refractivity contribution in [2.75, 3.05) is 13.2 Å². The van der Waals surface area contributed by atoms with Crippen molar-refractivity contribution >= 4 is 23.3 Å². The van der Waals surface area contributed by atoms with Crippen LogP contribution in [0, 0.1) is 5.41 Å². The Hall–Kier alpha value is -2.51. The number of guanidine groups is 1. The van der Waals surface area contributed by atoms with Crippen LogP contribution in [0.4, 0.5) is 0 Å². The first kappa shape index (κ1) is 17.8. The highest BCUT2D eigenvalue weighted by Crippen LogP contribution is 2.03. The Labute approximate surface area is 147 Å². The Morgan fingerprint density at radius 1 is 1.21 bits per heavy atom. The van der Waals surface area contributed by atoms with Crippen molar-refractivity contribution in [1.29, 1.82) is 5.41 Å². The summed E-state index contributed by atoms with van der Waals surface area (Å²) in [6, 6.07) is 13.7. The van der Waals surface area contributed by atoms with Crippen molar-refractivity contribution in [3.63, 3.8) is 0 Å². The van der Waals surface area contributed by atoms with Crippen LogP contribution in [0.15, 0.2) is 54.9 Å². The van der Waals surface area contributed by atoms with Gasteiger partial charge in [0.2, 0.25) is 0 Å². The first-order valence-electron chi connectivity index (χ1n) is 7.57. The molecule has 0 aliphatic heterocycles. The molecule has 24 heavy (non-hydrogen) atoms. The minimum atomic E-state index is -0.110. The molecule has 0 fully saturated rings. The predicted octanol–water partition coefficient (Wildman–Crippen LogP) is 1.87. The largest absolute Gasteiger partial charge is 0.375 e. The van der Waals surface area contributed by atoms with E-state index in [-0.39, 0.29) is 5.96 Å². The fraction of sp³-hybridized carbons (Fsp3) is 0.235. The summed E-state index contributed by atoms with van der Waals surface area (Å²) in [5.41, 5.74) is 7.68. The number of nitrogens with one attached hydrogen (secondary N) is 2. The van der Waals surface area contributed by atoms with E-state index in [0.29, 0.717) is 31.4 Å². The third-order valence-corrected chi connectivity index (χ3v) is 3.60. The van der Waals surface area contributed by atoms with Gasteiger partial charge in [-0.05, 0) is 29.4 Å². The SMILES string of the molecule is N=C(N)N(Cc1cccnc1)C(=S)NCCOCc1ccccc1. The van der Waals surface area contributed by atoms with Crippen molar-refractivity contribution in [2.24, 2.45) is 5.73 Å². The second kappa shape index (κ2) is 9.59. The monoisotopic (exact) mass is 343 g/mol. The maximum Gasteiger partial charge on any atom is 0.195 e. The molecule has 4 N–H and O–H groups in total. The number of hydrogen-bond acceptors (Lipinski definition) is 4. The second-order valence-electron chi connectivity index (χ2n) is 5.10. The Morgan fingerprint density at radius 3 is 2.62 bits per heavy atom. The number of nitrogens with two attached hydrogens (primary N) is 1. The van der Waals surface area contributed by atoms with Crippen LogP contribution in [0.25, 0.3) is 0 Å². The zero-order valence-corrected chi connectivity index (χ0v) is 14.1. The Bertz CT molecular complexity index is 651. The molecule has 0 spiro atoms. The van der Waals surface area contributed by atoms with Gasteiger partial charge >= 0.3 is 0 Å². The number of pyridine rings is 1. The highest BCUT2D eigenvalue weighted by Gasteiger charge is 2.12. The average molecular weight is 343 g/mol. The summed E-state index contributed by atoms with van der Waals surface area (Å²) in [6.45, 7) is 2.01. The maximum atomic E-state index is 7.68. The van der Waals surface area contributed by atoms with Crippen LogP contribution in [0.5, 0.6) is 0 Å². The summed E-state index contributed by atoms with van der Waals surface area (Å²) < 4.78 is 5.59. The van der Waals surface area contributed by atoms with Gasteiger partial charge in [0.15, 0.2) is 11.1 Å². The molecule has 7 heteroatoms. The maximum absolute atomic E-state index is 7.68. The van der Waals surface area contributed by atoms with Crippen LogP contribution >= 0.6 is 12.2 Å². The molecule has 2 aromatic rings. The molecule has 0 radical (unpaired) electrons. The molecule has 1 aromatic carbocycles. The summed E-state index contributed by atoms with van der Waals surface area (Å²) >= 11 is 5.31. The standard InChI is InChI=1S/C17H21N5OS/c18-16(19)22(12-15-7-4-8-20-11-15)17(24)21-9-10-23-13-14-5-2-1-3-6-14/h1-8,11H,9-10,12-13H2,(H3,18,19)(H,21,24). The fourth-order valence-corrected chi connectivity index (χ4v) is 2.30. The Kier molecular flexibility index (Phi) is 7.13. The Balaban J connectivity index is 1.73. The lowest BCUT2D eigenvalue weighted by molar-refractivity contribution is 0.125. The Morgan fingerprint density at radius 2 is 1.96 bits per heavy atom. The molecule has 0 atom stereocenters. The molecular formula is C17H21N5OS. The minimum Gasteiger partial charge on any atom is -0.375 e. The van der Waals surface area contributed by atoms with Crippen molar-refractivity contribution in [1.82, 2.24) is 15.2 Å². The molecule has 0 saturated heterocycles. The van der Waals surface area contributed by atoms with E-state index in [1.807, 2.05) is 42.5 Å². The van der Waals surface area contributed by atoms with Crippen molar-refractivity contribution in [2.45, 2.75) is 13.2 Å². The first-order chi connectivity index (χ1) is 11.7. The second-order valence-corrected chi connectivity index (χ2v) is 5.49. The van der Waals surface area contributed by atoms with Gasteiger partial charge in [0.1, 0.15) is 0 Å². The molecule has 2 rings (SSSR count). The molecule has 0 aliphatic rings. The number of hydrogen-bond donors (Lipinski definition) is 3. The van der Waals surface area contributed by atoms with Gasteiger partial charge < -0.3 is 15.8 Å². The number of nitrogens with zero attached hydrogens (tertiary/aromatic N) is 2. The lowest BCUT2D eigenvalue weighted by Gasteiger charge is -2.23. The highest BCUT2D eigenvalue weighted by molar-refractivity contribution is 7.80. The molecule has 1 heterocycles. The van der Waals surface area contributed by atoms with E-state index in [1.165, 1.54) is 4.90 Å². The summed E-state index contributed by atoms with van der Waals surface area (Å²) in [5, 5.41) is 11.1. The van der Waals surface area contributed by atoms with E-state index in [1.54, 1.807) is 12.4 Å². The lowest BCUT2D eigenvalue weighted by atomic mass is 10.2. The number of thiocarbonyl (C=S) groups is 1. The summed E-state index contributed by atoms with van der Waals surface area (Å²) in [7, 11) is 0. The third-order valence-electron chi connectivity index (χ3n) is 3.23. The topological polar surface area (TPSA) is 87.3 Å². The van der Waals surface area contributed by atoms with Crippen molar-refractivity contribution in [3.8, 4) is 0 Å². The molecule has 0 aliphatic carbocycles.